The second kappa shape index (κ2) is 5.72. The number of hydrogen-bond acceptors (Lipinski definition) is 5. The molecule has 0 unspecified atom stereocenters. The number of nitro groups is 1. The highest BCUT2D eigenvalue weighted by Crippen LogP contribution is 2.21. The third kappa shape index (κ3) is 3.01. The van der Waals surface area contributed by atoms with Crippen molar-refractivity contribution in [2.75, 3.05) is 6.61 Å². The van der Waals surface area contributed by atoms with Gasteiger partial charge in [-0.2, -0.15) is 5.26 Å². The SMILES string of the molecule is CCOC(=O)Cc1cc([N+](=O)[O-])cc(F)c1C#N. The summed E-state index contributed by atoms with van der Waals surface area (Å²) < 4.78 is 18.1. The highest BCUT2D eigenvalue weighted by Gasteiger charge is 2.18. The first-order valence-corrected chi connectivity index (χ1v) is 5.02. The molecule has 1 aromatic carbocycles. The Morgan fingerprint density at radius 3 is 2.78 bits per heavy atom. The Hall–Kier alpha value is -2.49. The van der Waals surface area contributed by atoms with Crippen molar-refractivity contribution in [2.45, 2.75) is 13.3 Å². The molecule has 0 aliphatic heterocycles. The molecule has 0 amide bonds. The summed E-state index contributed by atoms with van der Waals surface area (Å²) in [7, 11) is 0. The van der Waals surface area contributed by atoms with Gasteiger partial charge in [0.15, 0.2) is 0 Å². The van der Waals surface area contributed by atoms with Gasteiger partial charge in [-0.1, -0.05) is 0 Å². The van der Waals surface area contributed by atoms with E-state index in [0.717, 1.165) is 6.07 Å². The molecule has 1 aromatic rings. The fraction of sp³-hybridized carbons (Fsp3) is 0.273. The number of nitriles is 1. The van der Waals surface area contributed by atoms with E-state index >= 15 is 0 Å². The number of halogens is 1. The molecule has 0 N–H and O–H groups in total. The van der Waals surface area contributed by atoms with Crippen LogP contribution in [0.4, 0.5) is 10.1 Å². The number of benzene rings is 1. The van der Waals surface area contributed by atoms with Crippen LogP contribution in [-0.2, 0) is 16.0 Å². The van der Waals surface area contributed by atoms with Gasteiger partial charge in [0.2, 0.25) is 0 Å². The van der Waals surface area contributed by atoms with Gasteiger partial charge in [-0.15, -0.1) is 0 Å². The Morgan fingerprint density at radius 2 is 2.28 bits per heavy atom. The minimum absolute atomic E-state index is 0.0531. The Labute approximate surface area is 102 Å². The van der Waals surface area contributed by atoms with Crippen molar-refractivity contribution in [3.05, 3.63) is 39.2 Å². The maximum atomic E-state index is 13.4. The van der Waals surface area contributed by atoms with Crippen LogP contribution in [0, 0.1) is 27.3 Å². The largest absolute Gasteiger partial charge is 0.466 e. The van der Waals surface area contributed by atoms with Crippen molar-refractivity contribution in [1.29, 1.82) is 5.26 Å². The second-order valence-electron chi connectivity index (χ2n) is 3.31. The summed E-state index contributed by atoms with van der Waals surface area (Å²) in [6, 6.07) is 3.22. The van der Waals surface area contributed by atoms with Crippen LogP contribution in [0.3, 0.4) is 0 Å². The molecule has 6 nitrogen and oxygen atoms in total. The molecule has 0 spiro atoms. The van der Waals surface area contributed by atoms with Crippen molar-refractivity contribution in [2.24, 2.45) is 0 Å². The van der Waals surface area contributed by atoms with Crippen LogP contribution < -0.4 is 0 Å². The number of carbonyl (C=O) groups is 1. The molecule has 0 fully saturated rings. The number of carbonyl (C=O) groups excluding carboxylic acids is 1. The van der Waals surface area contributed by atoms with Crippen LogP contribution in [-0.4, -0.2) is 17.5 Å². The zero-order valence-corrected chi connectivity index (χ0v) is 9.47. The van der Waals surface area contributed by atoms with Crippen LogP contribution in [0.25, 0.3) is 0 Å². The molecule has 94 valence electrons. The summed E-state index contributed by atoms with van der Waals surface area (Å²) in [5.74, 6) is -1.69. The first-order valence-electron chi connectivity index (χ1n) is 5.02. The first kappa shape index (κ1) is 13.6. The average Bonchev–Trinajstić information content (AvgIpc) is 2.28. The molecule has 7 heteroatoms. The third-order valence-electron chi connectivity index (χ3n) is 2.12. The Morgan fingerprint density at radius 1 is 1.61 bits per heavy atom. The lowest BCUT2D eigenvalue weighted by molar-refractivity contribution is -0.385. The Balaban J connectivity index is 3.19. The van der Waals surface area contributed by atoms with Gasteiger partial charge in [-0.25, -0.2) is 4.39 Å². The summed E-state index contributed by atoms with van der Waals surface area (Å²) in [5, 5.41) is 19.3. The van der Waals surface area contributed by atoms with Gasteiger partial charge in [0, 0.05) is 6.07 Å². The quantitative estimate of drug-likeness (QED) is 0.462. The smallest absolute Gasteiger partial charge is 0.310 e. The number of nitrogens with zero attached hydrogens (tertiary/aromatic N) is 2. The van der Waals surface area contributed by atoms with Crippen molar-refractivity contribution < 1.29 is 18.8 Å². The summed E-state index contributed by atoms with van der Waals surface area (Å²) >= 11 is 0. The van der Waals surface area contributed by atoms with Gasteiger partial charge in [0.25, 0.3) is 5.69 Å². The molecular weight excluding hydrogens is 243 g/mol. The monoisotopic (exact) mass is 252 g/mol. The van der Waals surface area contributed by atoms with Crippen LogP contribution in [0.15, 0.2) is 12.1 Å². The van der Waals surface area contributed by atoms with E-state index in [2.05, 4.69) is 4.74 Å². The lowest BCUT2D eigenvalue weighted by atomic mass is 10.0. The third-order valence-corrected chi connectivity index (χ3v) is 2.12. The van der Waals surface area contributed by atoms with Crippen molar-refractivity contribution in [3.63, 3.8) is 0 Å². The van der Waals surface area contributed by atoms with E-state index in [9.17, 15) is 19.3 Å². The van der Waals surface area contributed by atoms with Gasteiger partial charge in [-0.05, 0) is 12.5 Å². The molecule has 0 aliphatic carbocycles. The standard InChI is InChI=1S/C11H9FN2O4/c1-2-18-11(15)4-7-3-8(14(16)17)5-10(12)9(7)6-13/h3,5H,2,4H2,1H3. The minimum atomic E-state index is -1.02. The highest BCUT2D eigenvalue weighted by molar-refractivity contribution is 5.74. The predicted octanol–water partition coefficient (Wildman–Crippen LogP) is 1.71. The lowest BCUT2D eigenvalue weighted by Gasteiger charge is -2.05. The number of rotatable bonds is 4. The fourth-order valence-corrected chi connectivity index (χ4v) is 1.39. The van der Waals surface area contributed by atoms with Crippen LogP contribution in [0.2, 0.25) is 0 Å². The number of esters is 1. The first-order chi connectivity index (χ1) is 8.49. The molecule has 0 saturated heterocycles. The van der Waals surface area contributed by atoms with Gasteiger partial charge < -0.3 is 4.74 Å². The molecule has 0 aliphatic rings. The predicted molar refractivity (Wildman–Crippen MR) is 58.1 cm³/mol. The topological polar surface area (TPSA) is 93.2 Å². The molecule has 0 atom stereocenters. The summed E-state index contributed by atoms with van der Waals surface area (Å²) in [6.07, 6.45) is -0.380. The second-order valence-corrected chi connectivity index (χ2v) is 3.31. The molecule has 0 bridgehead atoms. The molecule has 18 heavy (non-hydrogen) atoms. The summed E-state index contributed by atoms with van der Waals surface area (Å²) in [6.45, 7) is 1.73. The lowest BCUT2D eigenvalue weighted by Crippen LogP contribution is -2.10. The normalized spacial score (nSPS) is 9.61. The Bertz CT molecular complexity index is 537. The average molecular weight is 252 g/mol. The number of hydrogen-bond donors (Lipinski definition) is 0. The van der Waals surface area contributed by atoms with Gasteiger partial charge in [0.1, 0.15) is 11.9 Å². The summed E-state index contributed by atoms with van der Waals surface area (Å²) in [5.41, 5.74) is -0.942. The fourth-order valence-electron chi connectivity index (χ4n) is 1.39. The Kier molecular flexibility index (Phi) is 4.32. The van der Waals surface area contributed by atoms with E-state index in [4.69, 9.17) is 5.26 Å². The number of nitro benzene ring substituents is 1. The van der Waals surface area contributed by atoms with E-state index in [0.29, 0.717) is 6.07 Å². The summed E-state index contributed by atoms with van der Waals surface area (Å²) in [4.78, 5) is 21.0. The zero-order chi connectivity index (χ0) is 13.7. The molecular formula is C11H9FN2O4. The van der Waals surface area contributed by atoms with Gasteiger partial charge in [-0.3, -0.25) is 14.9 Å². The van der Waals surface area contributed by atoms with Gasteiger partial charge in [0.05, 0.1) is 29.6 Å². The van der Waals surface area contributed by atoms with Crippen molar-refractivity contribution >= 4 is 11.7 Å². The molecule has 0 saturated carbocycles. The van der Waals surface area contributed by atoms with Crippen LogP contribution in [0.5, 0.6) is 0 Å². The number of ether oxygens (including phenoxy) is 1. The van der Waals surface area contributed by atoms with Crippen LogP contribution >= 0.6 is 0 Å². The zero-order valence-electron chi connectivity index (χ0n) is 9.47. The molecule has 0 heterocycles. The van der Waals surface area contributed by atoms with Crippen molar-refractivity contribution in [1.82, 2.24) is 0 Å². The maximum Gasteiger partial charge on any atom is 0.310 e. The van der Waals surface area contributed by atoms with E-state index in [-0.39, 0.29) is 24.2 Å². The molecule has 1 rings (SSSR count). The maximum absolute atomic E-state index is 13.4. The molecule has 0 radical (unpaired) electrons. The van der Waals surface area contributed by atoms with E-state index in [1.807, 2.05) is 0 Å². The van der Waals surface area contributed by atoms with Crippen LogP contribution in [0.1, 0.15) is 18.1 Å². The van der Waals surface area contributed by atoms with Gasteiger partial charge >= 0.3 is 5.97 Å². The number of non-ortho nitro benzene ring substituents is 1. The van der Waals surface area contributed by atoms with E-state index < -0.39 is 22.4 Å². The van der Waals surface area contributed by atoms with E-state index in [1.54, 1.807) is 13.0 Å². The van der Waals surface area contributed by atoms with E-state index in [1.165, 1.54) is 0 Å². The molecule has 0 aromatic heterocycles. The highest BCUT2D eigenvalue weighted by atomic mass is 19.1. The minimum Gasteiger partial charge on any atom is -0.466 e. The van der Waals surface area contributed by atoms with Crippen molar-refractivity contribution in [3.8, 4) is 6.07 Å².